The van der Waals surface area contributed by atoms with Crippen molar-refractivity contribution in [3.05, 3.63) is 77.5 Å². The molecule has 0 aliphatic carbocycles. The molecule has 0 aliphatic rings. The van der Waals surface area contributed by atoms with E-state index in [1.54, 1.807) is 12.1 Å². The average molecular weight is 366 g/mol. The van der Waals surface area contributed by atoms with E-state index in [0.29, 0.717) is 6.54 Å². The lowest BCUT2D eigenvalue weighted by atomic mass is 10.2. The van der Waals surface area contributed by atoms with Crippen molar-refractivity contribution in [3.63, 3.8) is 0 Å². The smallest absolute Gasteiger partial charge is 0.355 e. The molecule has 0 saturated carbocycles. The first-order chi connectivity index (χ1) is 13.0. The zero-order valence-corrected chi connectivity index (χ0v) is 15.3. The third-order valence-electron chi connectivity index (χ3n) is 3.60. The van der Waals surface area contributed by atoms with Gasteiger partial charge in [0.1, 0.15) is 5.70 Å². The van der Waals surface area contributed by atoms with E-state index in [0.717, 1.165) is 11.1 Å². The highest BCUT2D eigenvalue weighted by Gasteiger charge is 2.21. The summed E-state index contributed by atoms with van der Waals surface area (Å²) in [4.78, 5) is 35.9. The first kappa shape index (κ1) is 19.9. The SMILES string of the molecule is CC(=O)N/C(=C/c1ccccc1)C(=O)OC(C)C(=O)NCc1ccccc1. The van der Waals surface area contributed by atoms with Crippen LogP contribution in [0.1, 0.15) is 25.0 Å². The van der Waals surface area contributed by atoms with Gasteiger partial charge in [-0.2, -0.15) is 0 Å². The van der Waals surface area contributed by atoms with E-state index >= 15 is 0 Å². The van der Waals surface area contributed by atoms with Crippen LogP contribution in [0.4, 0.5) is 0 Å². The summed E-state index contributed by atoms with van der Waals surface area (Å²) in [5.74, 6) is -1.61. The number of ether oxygens (including phenoxy) is 1. The summed E-state index contributed by atoms with van der Waals surface area (Å²) in [6, 6.07) is 18.4. The summed E-state index contributed by atoms with van der Waals surface area (Å²) >= 11 is 0. The van der Waals surface area contributed by atoms with Crippen LogP contribution in [0.3, 0.4) is 0 Å². The van der Waals surface area contributed by atoms with Crippen LogP contribution in [0.5, 0.6) is 0 Å². The second-order valence-corrected chi connectivity index (χ2v) is 5.90. The summed E-state index contributed by atoms with van der Waals surface area (Å²) in [7, 11) is 0. The molecule has 1 unspecified atom stereocenters. The normalized spacial score (nSPS) is 12.0. The Hall–Kier alpha value is -3.41. The minimum Gasteiger partial charge on any atom is -0.448 e. The van der Waals surface area contributed by atoms with Gasteiger partial charge >= 0.3 is 5.97 Å². The molecule has 2 aromatic carbocycles. The molecule has 0 saturated heterocycles. The Kier molecular flexibility index (Phi) is 7.31. The lowest BCUT2D eigenvalue weighted by molar-refractivity contribution is -0.151. The number of carbonyl (C=O) groups is 3. The standard InChI is InChI=1S/C21H22N2O4/c1-15(20(25)22-14-18-11-7-4-8-12-18)27-21(26)19(23-16(2)24)13-17-9-5-3-6-10-17/h3-13,15H,14H2,1-2H3,(H,22,25)(H,23,24)/b19-13+. The molecule has 140 valence electrons. The summed E-state index contributed by atoms with van der Waals surface area (Å²) in [6.07, 6.45) is 0.493. The Morgan fingerprint density at radius 1 is 1.00 bits per heavy atom. The van der Waals surface area contributed by atoms with Gasteiger partial charge in [-0.3, -0.25) is 9.59 Å². The van der Waals surface area contributed by atoms with Crippen molar-refractivity contribution in [1.82, 2.24) is 10.6 Å². The molecule has 0 aliphatic heterocycles. The van der Waals surface area contributed by atoms with Gasteiger partial charge in [0.2, 0.25) is 5.91 Å². The summed E-state index contributed by atoms with van der Waals surface area (Å²) in [5.41, 5.74) is 1.63. The highest BCUT2D eigenvalue weighted by molar-refractivity contribution is 5.98. The number of benzene rings is 2. The highest BCUT2D eigenvalue weighted by atomic mass is 16.5. The zero-order chi connectivity index (χ0) is 19.6. The van der Waals surface area contributed by atoms with Gasteiger partial charge in [0.25, 0.3) is 5.91 Å². The Morgan fingerprint density at radius 2 is 1.59 bits per heavy atom. The maximum absolute atomic E-state index is 12.4. The highest BCUT2D eigenvalue weighted by Crippen LogP contribution is 2.08. The molecule has 2 N–H and O–H groups in total. The topological polar surface area (TPSA) is 84.5 Å². The van der Waals surface area contributed by atoms with Gasteiger partial charge in [-0.05, 0) is 24.1 Å². The van der Waals surface area contributed by atoms with Gasteiger partial charge in [-0.25, -0.2) is 4.79 Å². The molecule has 2 amide bonds. The minimum atomic E-state index is -1.01. The van der Waals surface area contributed by atoms with Gasteiger partial charge in [0, 0.05) is 13.5 Å². The van der Waals surface area contributed by atoms with Gasteiger partial charge in [0.05, 0.1) is 0 Å². The molecule has 6 nitrogen and oxygen atoms in total. The van der Waals surface area contributed by atoms with E-state index in [4.69, 9.17) is 4.74 Å². The maximum Gasteiger partial charge on any atom is 0.355 e. The molecule has 0 fully saturated rings. The number of rotatable bonds is 7. The molecule has 0 heterocycles. The van der Waals surface area contributed by atoms with Crippen molar-refractivity contribution in [2.75, 3.05) is 0 Å². The van der Waals surface area contributed by atoms with Crippen LogP contribution < -0.4 is 10.6 Å². The Balaban J connectivity index is 1.99. The maximum atomic E-state index is 12.4. The van der Waals surface area contributed by atoms with E-state index in [1.165, 1.54) is 19.9 Å². The number of esters is 1. The molecule has 27 heavy (non-hydrogen) atoms. The second-order valence-electron chi connectivity index (χ2n) is 5.90. The lowest BCUT2D eigenvalue weighted by Gasteiger charge is -2.15. The number of nitrogens with one attached hydrogen (secondary N) is 2. The summed E-state index contributed by atoms with van der Waals surface area (Å²) in [6.45, 7) is 3.11. The fourth-order valence-corrected chi connectivity index (χ4v) is 2.26. The minimum absolute atomic E-state index is 0.0311. The predicted molar refractivity (Wildman–Crippen MR) is 102 cm³/mol. The molecule has 1 atom stereocenters. The third kappa shape index (κ3) is 6.78. The quantitative estimate of drug-likeness (QED) is 0.582. The molecule has 0 radical (unpaired) electrons. The van der Waals surface area contributed by atoms with Gasteiger partial charge in [-0.1, -0.05) is 60.7 Å². The zero-order valence-electron chi connectivity index (χ0n) is 15.3. The second kappa shape index (κ2) is 9.91. The molecule has 6 heteroatoms. The largest absolute Gasteiger partial charge is 0.448 e. The van der Waals surface area contributed by atoms with Gasteiger partial charge in [-0.15, -0.1) is 0 Å². The van der Waals surface area contributed by atoms with Crippen molar-refractivity contribution >= 4 is 23.9 Å². The number of amides is 2. The van der Waals surface area contributed by atoms with Crippen LogP contribution in [0, 0.1) is 0 Å². The Labute approximate surface area is 158 Å². The third-order valence-corrected chi connectivity index (χ3v) is 3.60. The van der Waals surface area contributed by atoms with E-state index < -0.39 is 23.9 Å². The molecule has 2 aromatic rings. The molecule has 2 rings (SSSR count). The van der Waals surface area contributed by atoms with Crippen LogP contribution in [-0.4, -0.2) is 23.9 Å². The monoisotopic (exact) mass is 366 g/mol. The summed E-state index contributed by atoms with van der Waals surface area (Å²) < 4.78 is 5.20. The van der Waals surface area contributed by atoms with Crippen molar-refractivity contribution in [1.29, 1.82) is 0 Å². The van der Waals surface area contributed by atoms with Crippen molar-refractivity contribution < 1.29 is 19.1 Å². The van der Waals surface area contributed by atoms with Gasteiger partial charge < -0.3 is 15.4 Å². The van der Waals surface area contributed by atoms with Crippen molar-refractivity contribution in [3.8, 4) is 0 Å². The Bertz CT molecular complexity index is 817. The van der Waals surface area contributed by atoms with E-state index in [1.807, 2.05) is 48.5 Å². The van der Waals surface area contributed by atoms with Crippen molar-refractivity contribution in [2.24, 2.45) is 0 Å². The van der Waals surface area contributed by atoms with E-state index in [-0.39, 0.29) is 5.70 Å². The molecular formula is C21H22N2O4. The van der Waals surface area contributed by atoms with Gasteiger partial charge in [0.15, 0.2) is 6.10 Å². The molecule has 0 aromatic heterocycles. The number of hydrogen-bond acceptors (Lipinski definition) is 4. The fraction of sp³-hybridized carbons (Fsp3) is 0.190. The van der Waals surface area contributed by atoms with Crippen LogP contribution >= 0.6 is 0 Å². The molecular weight excluding hydrogens is 344 g/mol. The number of hydrogen-bond donors (Lipinski definition) is 2. The first-order valence-electron chi connectivity index (χ1n) is 8.52. The van der Waals surface area contributed by atoms with E-state index in [9.17, 15) is 14.4 Å². The van der Waals surface area contributed by atoms with Crippen LogP contribution in [0.15, 0.2) is 66.4 Å². The fourth-order valence-electron chi connectivity index (χ4n) is 2.26. The number of carbonyl (C=O) groups excluding carboxylic acids is 3. The average Bonchev–Trinajstić information content (AvgIpc) is 2.66. The lowest BCUT2D eigenvalue weighted by Crippen LogP contribution is -2.37. The Morgan fingerprint density at radius 3 is 2.19 bits per heavy atom. The molecule has 0 bridgehead atoms. The predicted octanol–water partition coefficient (Wildman–Crippen LogP) is 2.41. The van der Waals surface area contributed by atoms with Crippen LogP contribution in [0.2, 0.25) is 0 Å². The van der Waals surface area contributed by atoms with Crippen LogP contribution in [-0.2, 0) is 25.7 Å². The van der Waals surface area contributed by atoms with Crippen molar-refractivity contribution in [2.45, 2.75) is 26.5 Å². The first-order valence-corrected chi connectivity index (χ1v) is 8.52. The van der Waals surface area contributed by atoms with E-state index in [2.05, 4.69) is 10.6 Å². The molecule has 0 spiro atoms. The van der Waals surface area contributed by atoms with Crippen LogP contribution in [0.25, 0.3) is 6.08 Å². The summed E-state index contributed by atoms with van der Waals surface area (Å²) in [5, 5.41) is 5.16.